The molecular formula is C12H10ClN3. The highest BCUT2D eigenvalue weighted by atomic mass is 35.5. The summed E-state index contributed by atoms with van der Waals surface area (Å²) in [6.07, 6.45) is 5.36. The zero-order chi connectivity index (χ0) is 11.0. The van der Waals surface area contributed by atoms with Gasteiger partial charge in [-0.2, -0.15) is 0 Å². The lowest BCUT2D eigenvalue weighted by Gasteiger charge is -2.08. The van der Waals surface area contributed by atoms with Crippen LogP contribution in [0.3, 0.4) is 0 Å². The van der Waals surface area contributed by atoms with Crippen LogP contribution < -0.4 is 5.32 Å². The molecule has 4 heteroatoms. The smallest absolute Gasteiger partial charge is 0.136 e. The minimum Gasteiger partial charge on any atom is -0.340 e. The van der Waals surface area contributed by atoms with Crippen molar-refractivity contribution in [2.75, 3.05) is 5.32 Å². The van der Waals surface area contributed by atoms with E-state index in [1.165, 1.54) is 5.56 Å². The number of rotatable bonds is 0. The fourth-order valence-corrected chi connectivity index (χ4v) is 2.11. The maximum atomic E-state index is 5.98. The molecule has 0 saturated heterocycles. The highest BCUT2D eigenvalue weighted by molar-refractivity contribution is 6.30. The number of fused-ring (bicyclic) bond motifs is 2. The van der Waals surface area contributed by atoms with Crippen LogP contribution >= 0.6 is 11.6 Å². The van der Waals surface area contributed by atoms with E-state index >= 15 is 0 Å². The topological polar surface area (TPSA) is 37.8 Å². The van der Waals surface area contributed by atoms with Gasteiger partial charge in [-0.3, -0.25) is 0 Å². The first-order valence-electron chi connectivity index (χ1n) is 5.17. The van der Waals surface area contributed by atoms with Crippen molar-refractivity contribution in [2.24, 2.45) is 0 Å². The van der Waals surface area contributed by atoms with Crippen LogP contribution in [0.25, 0.3) is 0 Å². The van der Waals surface area contributed by atoms with Gasteiger partial charge in [0.05, 0.1) is 0 Å². The van der Waals surface area contributed by atoms with Gasteiger partial charge in [-0.05, 0) is 30.5 Å². The van der Waals surface area contributed by atoms with Crippen molar-refractivity contribution in [1.82, 2.24) is 9.97 Å². The van der Waals surface area contributed by atoms with E-state index in [2.05, 4.69) is 21.4 Å². The van der Waals surface area contributed by atoms with Crippen molar-refractivity contribution in [3.63, 3.8) is 0 Å². The van der Waals surface area contributed by atoms with Gasteiger partial charge in [-0.25, -0.2) is 9.97 Å². The van der Waals surface area contributed by atoms with E-state index < -0.39 is 0 Å². The SMILES string of the molecule is Clc1ccc2c(c1)Nc1ncncc1CC2. The Kier molecular flexibility index (Phi) is 2.26. The van der Waals surface area contributed by atoms with Crippen LogP contribution in [0.4, 0.5) is 11.5 Å². The fraction of sp³-hybridized carbons (Fsp3) is 0.167. The van der Waals surface area contributed by atoms with E-state index in [-0.39, 0.29) is 0 Å². The molecule has 1 aromatic heterocycles. The largest absolute Gasteiger partial charge is 0.340 e. The van der Waals surface area contributed by atoms with Crippen molar-refractivity contribution in [1.29, 1.82) is 0 Å². The summed E-state index contributed by atoms with van der Waals surface area (Å²) in [5.41, 5.74) is 3.46. The molecule has 2 aromatic rings. The minimum atomic E-state index is 0.740. The van der Waals surface area contributed by atoms with Crippen molar-refractivity contribution < 1.29 is 0 Å². The summed E-state index contributed by atoms with van der Waals surface area (Å²) in [6, 6.07) is 5.92. The van der Waals surface area contributed by atoms with E-state index in [4.69, 9.17) is 11.6 Å². The van der Waals surface area contributed by atoms with Gasteiger partial charge in [0.1, 0.15) is 12.1 Å². The number of nitrogens with one attached hydrogen (secondary N) is 1. The average molecular weight is 232 g/mol. The number of aromatic nitrogens is 2. The molecule has 0 unspecified atom stereocenters. The highest BCUT2D eigenvalue weighted by Crippen LogP contribution is 2.29. The molecule has 1 aromatic carbocycles. The maximum Gasteiger partial charge on any atom is 0.136 e. The zero-order valence-corrected chi connectivity index (χ0v) is 9.33. The summed E-state index contributed by atoms with van der Waals surface area (Å²) >= 11 is 5.98. The Morgan fingerprint density at radius 2 is 2.06 bits per heavy atom. The number of hydrogen-bond donors (Lipinski definition) is 1. The van der Waals surface area contributed by atoms with E-state index in [9.17, 15) is 0 Å². The first kappa shape index (κ1) is 9.60. The second-order valence-corrected chi connectivity index (χ2v) is 4.26. The van der Waals surface area contributed by atoms with Gasteiger partial charge < -0.3 is 5.32 Å². The van der Waals surface area contributed by atoms with Crippen molar-refractivity contribution >= 4 is 23.1 Å². The first-order chi connectivity index (χ1) is 7.83. The highest BCUT2D eigenvalue weighted by Gasteiger charge is 2.13. The molecule has 0 aliphatic carbocycles. The van der Waals surface area contributed by atoms with Crippen molar-refractivity contribution in [2.45, 2.75) is 12.8 Å². The second kappa shape index (κ2) is 3.76. The number of nitrogens with zero attached hydrogens (tertiary/aromatic N) is 2. The lowest BCUT2D eigenvalue weighted by Crippen LogP contribution is -1.96. The molecule has 3 rings (SSSR count). The average Bonchev–Trinajstić information content (AvgIpc) is 2.47. The van der Waals surface area contributed by atoms with E-state index in [1.54, 1.807) is 6.33 Å². The number of anilines is 2. The lowest BCUT2D eigenvalue weighted by atomic mass is 10.1. The van der Waals surface area contributed by atoms with Gasteiger partial charge in [0.2, 0.25) is 0 Å². The van der Waals surface area contributed by atoms with Crippen LogP contribution in [0.1, 0.15) is 11.1 Å². The molecule has 80 valence electrons. The Hall–Kier alpha value is -1.61. The Labute approximate surface area is 98.5 Å². The molecule has 16 heavy (non-hydrogen) atoms. The molecular weight excluding hydrogens is 222 g/mol. The minimum absolute atomic E-state index is 0.740. The third-order valence-electron chi connectivity index (χ3n) is 2.78. The fourth-order valence-electron chi connectivity index (χ4n) is 1.93. The van der Waals surface area contributed by atoms with Crippen molar-refractivity contribution in [3.8, 4) is 0 Å². The maximum absolute atomic E-state index is 5.98. The lowest BCUT2D eigenvalue weighted by molar-refractivity contribution is 0.954. The molecule has 0 radical (unpaired) electrons. The Morgan fingerprint density at radius 1 is 1.19 bits per heavy atom. The zero-order valence-electron chi connectivity index (χ0n) is 8.57. The van der Waals surface area contributed by atoms with Crippen LogP contribution in [0.5, 0.6) is 0 Å². The molecule has 1 aliphatic rings. The Balaban J connectivity index is 2.10. The predicted molar refractivity (Wildman–Crippen MR) is 64.2 cm³/mol. The molecule has 0 bridgehead atoms. The molecule has 0 amide bonds. The van der Waals surface area contributed by atoms with Gasteiger partial charge in [0.25, 0.3) is 0 Å². The second-order valence-electron chi connectivity index (χ2n) is 3.82. The van der Waals surface area contributed by atoms with Gasteiger partial charge in [0, 0.05) is 22.5 Å². The van der Waals surface area contributed by atoms with Crippen LogP contribution in [0.2, 0.25) is 5.02 Å². The van der Waals surface area contributed by atoms with Crippen LogP contribution in [0.15, 0.2) is 30.7 Å². The van der Waals surface area contributed by atoms with E-state index in [0.717, 1.165) is 34.9 Å². The summed E-state index contributed by atoms with van der Waals surface area (Å²) in [5.74, 6) is 0.885. The molecule has 1 N–H and O–H groups in total. The molecule has 3 nitrogen and oxygen atoms in total. The Bertz CT molecular complexity index is 540. The first-order valence-corrected chi connectivity index (χ1v) is 5.55. The van der Waals surface area contributed by atoms with Crippen molar-refractivity contribution in [3.05, 3.63) is 46.9 Å². The van der Waals surface area contributed by atoms with Gasteiger partial charge >= 0.3 is 0 Å². The van der Waals surface area contributed by atoms with Crippen LogP contribution in [-0.4, -0.2) is 9.97 Å². The third kappa shape index (κ3) is 1.63. The summed E-state index contributed by atoms with van der Waals surface area (Å²) in [4.78, 5) is 8.29. The van der Waals surface area contributed by atoms with Crippen LogP contribution in [-0.2, 0) is 12.8 Å². The quantitative estimate of drug-likeness (QED) is 0.758. The number of aryl methyl sites for hydroxylation is 2. The standard InChI is InChI=1S/C12H10ClN3/c13-10-4-3-8-1-2-9-6-14-7-15-12(9)16-11(8)5-10/h3-7H,1-2H2,(H,14,15,16). The summed E-state index contributed by atoms with van der Waals surface area (Å²) in [5, 5.41) is 4.05. The normalized spacial score (nSPS) is 13.3. The summed E-state index contributed by atoms with van der Waals surface area (Å²) in [7, 11) is 0. The number of halogens is 1. The monoisotopic (exact) mass is 231 g/mol. The number of benzene rings is 1. The van der Waals surface area contributed by atoms with E-state index in [0.29, 0.717) is 0 Å². The summed E-state index contributed by atoms with van der Waals surface area (Å²) < 4.78 is 0. The third-order valence-corrected chi connectivity index (χ3v) is 3.01. The predicted octanol–water partition coefficient (Wildman–Crippen LogP) is 2.97. The molecule has 0 fully saturated rings. The Morgan fingerprint density at radius 3 is 3.00 bits per heavy atom. The van der Waals surface area contributed by atoms with Gasteiger partial charge in [0.15, 0.2) is 0 Å². The molecule has 0 saturated carbocycles. The molecule has 0 atom stereocenters. The van der Waals surface area contributed by atoms with E-state index in [1.807, 2.05) is 18.3 Å². The molecule has 1 aliphatic heterocycles. The summed E-state index contributed by atoms with van der Waals surface area (Å²) in [6.45, 7) is 0. The van der Waals surface area contributed by atoms with Crippen LogP contribution in [0, 0.1) is 0 Å². The molecule has 0 spiro atoms. The van der Waals surface area contributed by atoms with Gasteiger partial charge in [-0.15, -0.1) is 0 Å². The van der Waals surface area contributed by atoms with Gasteiger partial charge in [-0.1, -0.05) is 17.7 Å². The number of hydrogen-bond acceptors (Lipinski definition) is 3. The molecule has 2 heterocycles.